The van der Waals surface area contributed by atoms with Gasteiger partial charge in [-0.15, -0.1) is 0 Å². The summed E-state index contributed by atoms with van der Waals surface area (Å²) in [5.74, 6) is 0.314. The first kappa shape index (κ1) is 21.4. The van der Waals surface area contributed by atoms with Crippen molar-refractivity contribution in [1.82, 2.24) is 20.4 Å². The molecule has 3 amide bonds. The molecule has 6 nitrogen and oxygen atoms in total. The zero-order valence-electron chi connectivity index (χ0n) is 17.1. The van der Waals surface area contributed by atoms with E-state index in [-0.39, 0.29) is 18.5 Å². The quantitative estimate of drug-likeness (QED) is 0.770. The maximum atomic E-state index is 12.0. The first-order chi connectivity index (χ1) is 12.9. The molecule has 1 fully saturated rings. The number of hydrogen-bond donors (Lipinski definition) is 2. The van der Waals surface area contributed by atoms with Gasteiger partial charge in [0.25, 0.3) is 0 Å². The smallest absolute Gasteiger partial charge is 0.321 e. The number of amides is 3. The van der Waals surface area contributed by atoms with Crippen molar-refractivity contribution < 1.29 is 9.59 Å². The Morgan fingerprint density at radius 1 is 1.00 bits per heavy atom. The fourth-order valence-corrected chi connectivity index (χ4v) is 3.10. The number of carbonyl (C=O) groups is 2. The van der Waals surface area contributed by atoms with Gasteiger partial charge in [-0.3, -0.25) is 19.9 Å². The van der Waals surface area contributed by atoms with Gasteiger partial charge in [0.1, 0.15) is 0 Å². The molecule has 1 aromatic rings. The van der Waals surface area contributed by atoms with Gasteiger partial charge in [-0.25, -0.2) is 4.79 Å². The molecular weight excluding hydrogens is 340 g/mol. The van der Waals surface area contributed by atoms with Crippen molar-refractivity contribution in [3.63, 3.8) is 0 Å². The van der Waals surface area contributed by atoms with Gasteiger partial charge in [0.05, 0.1) is 6.54 Å². The molecule has 0 bridgehead atoms. The van der Waals surface area contributed by atoms with Crippen molar-refractivity contribution in [3.8, 4) is 0 Å². The van der Waals surface area contributed by atoms with Gasteiger partial charge in [0.2, 0.25) is 5.91 Å². The van der Waals surface area contributed by atoms with Crippen LogP contribution in [0.3, 0.4) is 0 Å². The topological polar surface area (TPSA) is 64.7 Å². The van der Waals surface area contributed by atoms with Crippen LogP contribution in [-0.4, -0.2) is 60.5 Å². The van der Waals surface area contributed by atoms with Crippen molar-refractivity contribution in [2.24, 2.45) is 0 Å². The molecule has 2 N–H and O–H groups in total. The summed E-state index contributed by atoms with van der Waals surface area (Å²) in [5, 5.41) is 5.16. The summed E-state index contributed by atoms with van der Waals surface area (Å²) in [7, 11) is 0. The minimum Gasteiger partial charge on any atom is -0.335 e. The van der Waals surface area contributed by atoms with Crippen LogP contribution in [0.2, 0.25) is 0 Å². The van der Waals surface area contributed by atoms with Gasteiger partial charge >= 0.3 is 6.03 Å². The van der Waals surface area contributed by atoms with Gasteiger partial charge in [-0.2, -0.15) is 0 Å². The van der Waals surface area contributed by atoms with Crippen LogP contribution in [-0.2, 0) is 11.3 Å². The Bertz CT molecular complexity index is 607. The van der Waals surface area contributed by atoms with E-state index >= 15 is 0 Å². The third-order valence-electron chi connectivity index (χ3n) is 5.13. The highest BCUT2D eigenvalue weighted by Gasteiger charge is 2.20. The highest BCUT2D eigenvalue weighted by molar-refractivity contribution is 5.95. The molecule has 0 aromatic heterocycles. The van der Waals surface area contributed by atoms with Crippen molar-refractivity contribution >= 4 is 11.9 Å². The van der Waals surface area contributed by atoms with E-state index in [0.29, 0.717) is 5.92 Å². The number of urea groups is 1. The molecule has 1 aromatic carbocycles. The van der Waals surface area contributed by atoms with E-state index in [2.05, 4.69) is 58.5 Å². The second-order valence-electron chi connectivity index (χ2n) is 7.78. The number of piperazine rings is 1. The van der Waals surface area contributed by atoms with Crippen molar-refractivity contribution in [1.29, 1.82) is 0 Å². The lowest BCUT2D eigenvalue weighted by molar-refractivity contribution is -0.121. The second kappa shape index (κ2) is 10.4. The highest BCUT2D eigenvalue weighted by atomic mass is 16.2. The summed E-state index contributed by atoms with van der Waals surface area (Å²) in [6.45, 7) is 13.1. The van der Waals surface area contributed by atoms with E-state index in [1.54, 1.807) is 0 Å². The standard InChI is InChI=1S/C21H34N4O2/c1-5-17(4)22-21(27)23-20(26)15-25-12-10-24(11-13-25)14-18-6-8-19(9-7-18)16(2)3/h6-9,16-17H,5,10-15H2,1-4H3,(H2,22,23,26,27)/t17-/m0/s1. The molecule has 1 aliphatic heterocycles. The average Bonchev–Trinajstić information content (AvgIpc) is 2.63. The molecule has 0 spiro atoms. The Morgan fingerprint density at radius 3 is 2.15 bits per heavy atom. The summed E-state index contributed by atoms with van der Waals surface area (Å²) in [6, 6.07) is 8.51. The summed E-state index contributed by atoms with van der Waals surface area (Å²) in [5.41, 5.74) is 2.69. The fourth-order valence-electron chi connectivity index (χ4n) is 3.10. The molecule has 150 valence electrons. The van der Waals surface area contributed by atoms with Crippen LogP contribution in [0.1, 0.15) is 51.2 Å². The van der Waals surface area contributed by atoms with Gasteiger partial charge in [-0.1, -0.05) is 45.0 Å². The molecule has 1 atom stereocenters. The summed E-state index contributed by atoms with van der Waals surface area (Å²) in [6.07, 6.45) is 0.837. The van der Waals surface area contributed by atoms with Gasteiger partial charge in [-0.05, 0) is 30.4 Å². The number of imide groups is 1. The molecule has 2 rings (SSSR count). The predicted molar refractivity (Wildman–Crippen MR) is 109 cm³/mol. The Labute approximate surface area is 163 Å². The fraction of sp³-hybridized carbons (Fsp3) is 0.619. The first-order valence-electron chi connectivity index (χ1n) is 10.0. The van der Waals surface area contributed by atoms with Crippen LogP contribution in [0, 0.1) is 0 Å². The first-order valence-corrected chi connectivity index (χ1v) is 10.0. The third kappa shape index (κ3) is 7.31. The second-order valence-corrected chi connectivity index (χ2v) is 7.78. The van der Waals surface area contributed by atoms with Crippen LogP contribution in [0.15, 0.2) is 24.3 Å². The largest absolute Gasteiger partial charge is 0.335 e. The van der Waals surface area contributed by atoms with Gasteiger partial charge in [0, 0.05) is 38.8 Å². The lowest BCUT2D eigenvalue weighted by Crippen LogP contribution is -2.51. The zero-order chi connectivity index (χ0) is 19.8. The molecule has 1 saturated heterocycles. The Hall–Kier alpha value is -1.92. The minimum absolute atomic E-state index is 0.0657. The van der Waals surface area contributed by atoms with Crippen LogP contribution in [0.5, 0.6) is 0 Å². The molecular formula is C21H34N4O2. The SMILES string of the molecule is CC[C@H](C)NC(=O)NC(=O)CN1CCN(Cc2ccc(C(C)C)cc2)CC1. The number of nitrogens with one attached hydrogen (secondary N) is 2. The number of nitrogens with zero attached hydrogens (tertiary/aromatic N) is 2. The average molecular weight is 375 g/mol. The maximum Gasteiger partial charge on any atom is 0.321 e. The number of carbonyl (C=O) groups excluding carboxylic acids is 2. The minimum atomic E-state index is -0.405. The van der Waals surface area contributed by atoms with Crippen molar-refractivity contribution in [3.05, 3.63) is 35.4 Å². The van der Waals surface area contributed by atoms with E-state index in [4.69, 9.17) is 0 Å². The van der Waals surface area contributed by atoms with Gasteiger partial charge < -0.3 is 5.32 Å². The molecule has 1 heterocycles. The summed E-state index contributed by atoms with van der Waals surface area (Å²) in [4.78, 5) is 28.3. The molecule has 0 aliphatic carbocycles. The van der Waals surface area contributed by atoms with E-state index < -0.39 is 6.03 Å². The van der Waals surface area contributed by atoms with E-state index in [1.807, 2.05) is 13.8 Å². The van der Waals surface area contributed by atoms with Gasteiger partial charge in [0.15, 0.2) is 0 Å². The molecule has 27 heavy (non-hydrogen) atoms. The lowest BCUT2D eigenvalue weighted by Gasteiger charge is -2.34. The van der Waals surface area contributed by atoms with Crippen LogP contribution in [0.25, 0.3) is 0 Å². The number of rotatable bonds is 7. The molecule has 1 aliphatic rings. The lowest BCUT2D eigenvalue weighted by atomic mass is 10.0. The van der Waals surface area contributed by atoms with Crippen LogP contribution >= 0.6 is 0 Å². The summed E-state index contributed by atoms with van der Waals surface area (Å²) >= 11 is 0. The van der Waals surface area contributed by atoms with Crippen molar-refractivity contribution in [2.45, 2.75) is 52.6 Å². The number of hydrogen-bond acceptors (Lipinski definition) is 4. The molecule has 6 heteroatoms. The normalized spacial score (nSPS) is 16.9. The maximum absolute atomic E-state index is 12.0. The van der Waals surface area contributed by atoms with E-state index in [1.165, 1.54) is 11.1 Å². The van der Waals surface area contributed by atoms with Crippen molar-refractivity contribution in [2.75, 3.05) is 32.7 Å². The Morgan fingerprint density at radius 2 is 1.59 bits per heavy atom. The highest BCUT2D eigenvalue weighted by Crippen LogP contribution is 2.16. The number of benzene rings is 1. The van der Waals surface area contributed by atoms with Crippen LogP contribution < -0.4 is 10.6 Å². The Balaban J connectivity index is 1.70. The molecule has 0 radical (unpaired) electrons. The van der Waals surface area contributed by atoms with E-state index in [9.17, 15) is 9.59 Å². The zero-order valence-corrected chi connectivity index (χ0v) is 17.1. The molecule has 0 saturated carbocycles. The predicted octanol–water partition coefficient (Wildman–Crippen LogP) is 2.55. The monoisotopic (exact) mass is 374 g/mol. The van der Waals surface area contributed by atoms with Crippen LogP contribution in [0.4, 0.5) is 4.79 Å². The molecule has 0 unspecified atom stereocenters. The van der Waals surface area contributed by atoms with E-state index in [0.717, 1.165) is 39.1 Å². The Kier molecular flexibility index (Phi) is 8.25. The third-order valence-corrected chi connectivity index (χ3v) is 5.13. The summed E-state index contributed by atoms with van der Waals surface area (Å²) < 4.78 is 0.